The summed E-state index contributed by atoms with van der Waals surface area (Å²) in [6, 6.07) is 0. The molecule has 11 heavy (non-hydrogen) atoms. The van der Waals surface area contributed by atoms with Crippen molar-refractivity contribution in [3.63, 3.8) is 0 Å². The summed E-state index contributed by atoms with van der Waals surface area (Å²) < 4.78 is 0. The lowest BCUT2D eigenvalue weighted by molar-refractivity contribution is -0.122. The number of carbonyl (C=O) groups excluding carboxylic acids is 2. The molecule has 1 aliphatic heterocycles. The van der Waals surface area contributed by atoms with E-state index in [2.05, 4.69) is 0 Å². The molecule has 0 aliphatic carbocycles. The van der Waals surface area contributed by atoms with E-state index in [4.69, 9.17) is 0 Å². The van der Waals surface area contributed by atoms with E-state index < -0.39 is 0 Å². The Hall–Kier alpha value is -0.770. The molecule has 0 aromatic heterocycles. The van der Waals surface area contributed by atoms with Crippen LogP contribution >= 0.6 is 11.8 Å². The summed E-state index contributed by atoms with van der Waals surface area (Å²) in [6.45, 7) is 4.00. The highest BCUT2D eigenvalue weighted by Gasteiger charge is 2.32. The van der Waals surface area contributed by atoms with Gasteiger partial charge in [-0.1, -0.05) is 6.08 Å². The molecule has 4 heteroatoms. The van der Waals surface area contributed by atoms with Crippen LogP contribution in [0.4, 0.5) is 4.79 Å². The van der Waals surface area contributed by atoms with Crippen molar-refractivity contribution in [2.45, 2.75) is 13.8 Å². The third-order valence-corrected chi connectivity index (χ3v) is 2.48. The van der Waals surface area contributed by atoms with E-state index in [1.165, 1.54) is 4.90 Å². The minimum atomic E-state index is -0.162. The molecule has 0 N–H and O–H groups in total. The fourth-order valence-corrected chi connectivity index (χ4v) is 1.69. The second-order valence-electron chi connectivity index (χ2n) is 2.07. The van der Waals surface area contributed by atoms with E-state index in [9.17, 15) is 9.59 Å². The molecule has 1 rings (SSSR count). The first-order chi connectivity index (χ1) is 5.20. The van der Waals surface area contributed by atoms with Crippen LogP contribution in [0.5, 0.6) is 0 Å². The molecule has 3 nitrogen and oxygen atoms in total. The number of hydrogen-bond donors (Lipinski definition) is 0. The molecule has 0 atom stereocenters. The molecule has 60 valence electrons. The predicted octanol–water partition coefficient (Wildman–Crippen LogP) is 1.61. The zero-order valence-corrected chi connectivity index (χ0v) is 7.27. The average Bonchev–Trinajstić information content (AvgIpc) is 2.26. The van der Waals surface area contributed by atoms with E-state index in [1.807, 2.05) is 0 Å². The molecule has 0 bridgehead atoms. The first-order valence-electron chi connectivity index (χ1n) is 3.40. The molecule has 0 saturated carbocycles. The maximum atomic E-state index is 11.2. The van der Waals surface area contributed by atoms with Crippen LogP contribution in [0.15, 0.2) is 11.0 Å². The van der Waals surface area contributed by atoms with Crippen LogP contribution in [0.2, 0.25) is 0 Å². The van der Waals surface area contributed by atoms with E-state index >= 15 is 0 Å². The fourth-order valence-electron chi connectivity index (χ4n) is 0.864. The average molecular weight is 171 g/mol. The number of rotatable bonds is 1. The van der Waals surface area contributed by atoms with Crippen molar-refractivity contribution < 1.29 is 9.59 Å². The molecule has 1 aliphatic rings. The second kappa shape index (κ2) is 3.09. The van der Waals surface area contributed by atoms with E-state index in [0.29, 0.717) is 11.4 Å². The summed E-state index contributed by atoms with van der Waals surface area (Å²) in [7, 11) is 0. The van der Waals surface area contributed by atoms with Gasteiger partial charge in [0.05, 0.1) is 4.91 Å². The van der Waals surface area contributed by atoms with Crippen LogP contribution in [0.3, 0.4) is 0 Å². The molecule has 1 heterocycles. The number of amides is 2. The number of allylic oxidation sites excluding steroid dienone is 1. The summed E-state index contributed by atoms with van der Waals surface area (Å²) in [5.41, 5.74) is 0. The summed E-state index contributed by atoms with van der Waals surface area (Å²) >= 11 is 1.00. The lowest BCUT2D eigenvalue weighted by Gasteiger charge is -2.06. The molecular weight excluding hydrogens is 162 g/mol. The lowest BCUT2D eigenvalue weighted by atomic mass is 10.4. The number of imide groups is 1. The first kappa shape index (κ1) is 8.33. The summed E-state index contributed by atoms with van der Waals surface area (Å²) in [6.07, 6.45) is 1.67. The van der Waals surface area contributed by atoms with Crippen molar-refractivity contribution in [1.29, 1.82) is 0 Å². The number of hydrogen-bond acceptors (Lipinski definition) is 3. The van der Waals surface area contributed by atoms with E-state index in [0.717, 1.165) is 11.8 Å². The van der Waals surface area contributed by atoms with Crippen molar-refractivity contribution in [1.82, 2.24) is 4.90 Å². The Labute approximate surface area is 69.4 Å². The van der Waals surface area contributed by atoms with Gasteiger partial charge in [0, 0.05) is 6.54 Å². The highest BCUT2D eigenvalue weighted by Crippen LogP contribution is 2.29. The number of nitrogens with zero attached hydrogens (tertiary/aromatic N) is 1. The molecule has 1 saturated heterocycles. The van der Waals surface area contributed by atoms with Gasteiger partial charge in [0.25, 0.3) is 11.1 Å². The highest BCUT2D eigenvalue weighted by atomic mass is 32.2. The van der Waals surface area contributed by atoms with Crippen LogP contribution in [-0.2, 0) is 4.79 Å². The van der Waals surface area contributed by atoms with E-state index in [1.54, 1.807) is 19.9 Å². The van der Waals surface area contributed by atoms with Crippen LogP contribution < -0.4 is 0 Å². The van der Waals surface area contributed by atoms with E-state index in [-0.39, 0.29) is 11.1 Å². The van der Waals surface area contributed by atoms with Gasteiger partial charge in [-0.2, -0.15) is 0 Å². The van der Waals surface area contributed by atoms with Gasteiger partial charge in [0.1, 0.15) is 0 Å². The summed E-state index contributed by atoms with van der Waals surface area (Å²) in [5, 5.41) is -0.161. The minimum Gasteiger partial charge on any atom is -0.269 e. The molecule has 0 aromatic carbocycles. The number of thioether (sulfide) groups is 1. The molecular formula is C7H9NO2S. The van der Waals surface area contributed by atoms with Gasteiger partial charge in [0.2, 0.25) is 0 Å². The SMILES string of the molecule is C/C=C1\SC(=O)N(CC)C1=O. The van der Waals surface area contributed by atoms with Gasteiger partial charge in [-0.05, 0) is 25.6 Å². The highest BCUT2D eigenvalue weighted by molar-refractivity contribution is 8.18. The van der Waals surface area contributed by atoms with Crippen LogP contribution in [0.25, 0.3) is 0 Å². The summed E-state index contributed by atoms with van der Waals surface area (Å²) in [5.74, 6) is -0.162. The molecule has 0 radical (unpaired) electrons. The van der Waals surface area contributed by atoms with Crippen molar-refractivity contribution in [2.75, 3.05) is 6.54 Å². The largest absolute Gasteiger partial charge is 0.293 e. The Morgan fingerprint density at radius 1 is 1.55 bits per heavy atom. The Morgan fingerprint density at radius 2 is 2.18 bits per heavy atom. The van der Waals surface area contributed by atoms with Gasteiger partial charge < -0.3 is 0 Å². The Kier molecular flexibility index (Phi) is 2.34. The van der Waals surface area contributed by atoms with Crippen LogP contribution in [-0.4, -0.2) is 22.6 Å². The van der Waals surface area contributed by atoms with Crippen molar-refractivity contribution in [3.05, 3.63) is 11.0 Å². The Bertz CT molecular complexity index is 235. The van der Waals surface area contributed by atoms with Crippen LogP contribution in [0.1, 0.15) is 13.8 Å². The van der Waals surface area contributed by atoms with Gasteiger partial charge in [-0.15, -0.1) is 0 Å². The standard InChI is InChI=1S/C7H9NO2S/c1-3-5-6(9)8(4-2)7(10)11-5/h3H,4H2,1-2H3/b5-3-. The third-order valence-electron chi connectivity index (χ3n) is 1.45. The quantitative estimate of drug-likeness (QED) is 0.562. The molecule has 1 fully saturated rings. The van der Waals surface area contributed by atoms with Gasteiger partial charge >= 0.3 is 0 Å². The lowest BCUT2D eigenvalue weighted by Crippen LogP contribution is -2.27. The Morgan fingerprint density at radius 3 is 2.45 bits per heavy atom. The molecule has 0 unspecified atom stereocenters. The zero-order valence-electron chi connectivity index (χ0n) is 6.46. The first-order valence-corrected chi connectivity index (χ1v) is 4.22. The molecule has 2 amide bonds. The normalized spacial score (nSPS) is 22.0. The Balaban J connectivity index is 2.88. The van der Waals surface area contributed by atoms with Crippen molar-refractivity contribution >= 4 is 22.9 Å². The van der Waals surface area contributed by atoms with Gasteiger partial charge in [-0.25, -0.2) is 0 Å². The predicted molar refractivity (Wildman–Crippen MR) is 44.1 cm³/mol. The second-order valence-corrected chi connectivity index (χ2v) is 3.06. The number of carbonyl (C=O) groups is 2. The smallest absolute Gasteiger partial charge is 0.269 e. The van der Waals surface area contributed by atoms with Gasteiger partial charge in [-0.3, -0.25) is 14.5 Å². The topological polar surface area (TPSA) is 37.4 Å². The third kappa shape index (κ3) is 1.30. The maximum Gasteiger partial charge on any atom is 0.293 e. The number of likely N-dealkylation sites (N-methyl/N-ethyl adjacent to an activating group) is 1. The maximum absolute atomic E-state index is 11.2. The minimum absolute atomic E-state index is 0.161. The van der Waals surface area contributed by atoms with Crippen molar-refractivity contribution in [3.8, 4) is 0 Å². The molecule has 0 spiro atoms. The van der Waals surface area contributed by atoms with Gasteiger partial charge in [0.15, 0.2) is 0 Å². The van der Waals surface area contributed by atoms with Crippen LogP contribution in [0, 0.1) is 0 Å². The zero-order chi connectivity index (χ0) is 8.43. The summed E-state index contributed by atoms with van der Waals surface area (Å²) in [4.78, 5) is 24.0. The van der Waals surface area contributed by atoms with Crippen molar-refractivity contribution in [2.24, 2.45) is 0 Å². The molecule has 0 aromatic rings. The fraction of sp³-hybridized carbons (Fsp3) is 0.429. The monoisotopic (exact) mass is 171 g/mol.